The van der Waals surface area contributed by atoms with E-state index < -0.39 is 0 Å². The van der Waals surface area contributed by atoms with Crippen LogP contribution in [0.3, 0.4) is 0 Å². The maximum atomic E-state index is 5.08. The normalized spacial score (nSPS) is 13.2. The standard InChI is InChI=1S/C11H13N.C10H11NO.C10H11N.2C6H9N.2C5H8N2/c1-3-10-7-9-6-8(2)4-5-11(9)12-10;1-7-3-4-9-8(5-7)6-10(11-9)12-2;1-7-3-4-10-9(5-7)6-8(2)11-10;1-5-3-6(2)7-4-5;1-5-3-4-6(2)7-5;2*1-4-3-6-5(2)7-4/h4-6H,3,7H2,1-2H3;3-5H,6H2,1-2H3;3-5H,6H2,1-2H3;3H,4H2,1-2H3;3-4,7H,1-2H3;2*3H,1-2H3,(H,6,7). The molecule has 0 fully saturated rings. The number of imidazole rings is 2. The molecular formula is C53H69N9O. The van der Waals surface area contributed by atoms with Crippen LogP contribution < -0.4 is 0 Å². The minimum atomic E-state index is 0.815. The van der Waals surface area contributed by atoms with Crippen LogP contribution in [0, 0.1) is 62.3 Å². The Bertz CT molecular complexity index is 2360. The molecule has 6 aromatic rings. The molecule has 0 saturated heterocycles. The van der Waals surface area contributed by atoms with Crippen LogP contribution in [0.2, 0.25) is 0 Å². The summed E-state index contributed by atoms with van der Waals surface area (Å²) in [5.41, 5.74) is 21.2. The summed E-state index contributed by atoms with van der Waals surface area (Å²) >= 11 is 0. The van der Waals surface area contributed by atoms with E-state index in [1.807, 2.05) is 66.9 Å². The third-order valence-corrected chi connectivity index (χ3v) is 10.0. The monoisotopic (exact) mass is 848 g/mol. The molecule has 3 N–H and O–H groups in total. The van der Waals surface area contributed by atoms with Crippen LogP contribution in [0.15, 0.2) is 111 Å². The van der Waals surface area contributed by atoms with E-state index in [2.05, 4.69) is 153 Å². The molecule has 332 valence electrons. The maximum Gasteiger partial charge on any atom is 0.192 e. The number of benzene rings is 3. The predicted octanol–water partition coefficient (Wildman–Crippen LogP) is 13.0. The number of aromatic amines is 3. The third-order valence-electron chi connectivity index (χ3n) is 10.0. The van der Waals surface area contributed by atoms with E-state index in [1.165, 1.54) is 67.5 Å². The number of hydrogen-bond acceptors (Lipinski definition) is 7. The van der Waals surface area contributed by atoms with Gasteiger partial charge in [-0.1, -0.05) is 65.6 Å². The van der Waals surface area contributed by atoms with E-state index in [0.717, 1.165) is 78.2 Å². The largest absolute Gasteiger partial charge is 0.484 e. The van der Waals surface area contributed by atoms with Gasteiger partial charge in [0.1, 0.15) is 11.6 Å². The molecule has 0 saturated carbocycles. The SMILES string of the molecule is CC1=CC(C)=NC1.CC1=Nc2ccc(C)cc2C1.CCC1=Nc2ccc(C)cc2C1.COC1=Nc2ccc(C)cc2C1.Cc1ccc(C)[nH]1.Cc1cnc(C)[nH]1.Cc1cnc(C)[nH]1. The molecule has 10 heteroatoms. The number of allylic oxidation sites excluding steroid dienone is 1. The van der Waals surface area contributed by atoms with Crippen LogP contribution in [0.25, 0.3) is 0 Å². The van der Waals surface area contributed by atoms with Gasteiger partial charge in [0.05, 0.1) is 37.1 Å². The van der Waals surface area contributed by atoms with Crippen molar-refractivity contribution in [3.05, 3.63) is 159 Å². The highest BCUT2D eigenvalue weighted by Crippen LogP contribution is 2.29. The zero-order chi connectivity index (χ0) is 46.1. The molecule has 10 nitrogen and oxygen atoms in total. The van der Waals surface area contributed by atoms with Crippen molar-refractivity contribution in [2.45, 2.75) is 116 Å². The smallest absolute Gasteiger partial charge is 0.192 e. The fourth-order valence-corrected chi connectivity index (χ4v) is 6.93. The molecule has 3 aromatic heterocycles. The van der Waals surface area contributed by atoms with Crippen LogP contribution in [-0.4, -0.2) is 61.6 Å². The summed E-state index contributed by atoms with van der Waals surface area (Å²) in [4.78, 5) is 34.5. The molecule has 0 radical (unpaired) electrons. The van der Waals surface area contributed by atoms with Crippen molar-refractivity contribution in [1.29, 1.82) is 0 Å². The van der Waals surface area contributed by atoms with Crippen molar-refractivity contribution in [1.82, 2.24) is 24.9 Å². The van der Waals surface area contributed by atoms with Gasteiger partial charge in [0.15, 0.2) is 5.90 Å². The van der Waals surface area contributed by atoms with Crippen molar-refractivity contribution in [2.24, 2.45) is 20.0 Å². The predicted molar refractivity (Wildman–Crippen MR) is 267 cm³/mol. The van der Waals surface area contributed by atoms with Crippen molar-refractivity contribution >= 4 is 40.1 Å². The zero-order valence-electron chi connectivity index (χ0n) is 40.2. The second-order valence-electron chi connectivity index (χ2n) is 16.6. The van der Waals surface area contributed by atoms with Crippen molar-refractivity contribution in [2.75, 3.05) is 13.7 Å². The van der Waals surface area contributed by atoms with Crippen LogP contribution in [-0.2, 0) is 24.0 Å². The lowest BCUT2D eigenvalue weighted by Gasteiger charge is -1.97. The Labute approximate surface area is 376 Å². The van der Waals surface area contributed by atoms with Crippen LogP contribution >= 0.6 is 0 Å². The summed E-state index contributed by atoms with van der Waals surface area (Å²) in [6.07, 6.45) is 9.76. The quantitative estimate of drug-likeness (QED) is 0.152. The number of fused-ring (bicyclic) bond motifs is 3. The Morgan fingerprint density at radius 3 is 1.35 bits per heavy atom. The highest BCUT2D eigenvalue weighted by atomic mass is 16.5. The fourth-order valence-electron chi connectivity index (χ4n) is 6.93. The lowest BCUT2D eigenvalue weighted by Crippen LogP contribution is -1.99. The van der Waals surface area contributed by atoms with Crippen LogP contribution in [0.1, 0.15) is 102 Å². The first-order valence-corrected chi connectivity index (χ1v) is 21.8. The fraction of sp³-hybridized carbons (Fsp3) is 0.358. The zero-order valence-corrected chi connectivity index (χ0v) is 40.2. The summed E-state index contributed by atoms with van der Waals surface area (Å²) in [5.74, 6) is 2.78. The molecular weight excluding hydrogens is 779 g/mol. The minimum absolute atomic E-state index is 0.815. The van der Waals surface area contributed by atoms with Crippen molar-refractivity contribution in [3.8, 4) is 0 Å². The molecule has 0 unspecified atom stereocenters. The van der Waals surface area contributed by atoms with Gasteiger partial charge < -0.3 is 19.7 Å². The number of hydrogen-bond donors (Lipinski definition) is 3. The Balaban J connectivity index is 0.000000164. The van der Waals surface area contributed by atoms with E-state index >= 15 is 0 Å². The van der Waals surface area contributed by atoms with Gasteiger partial charge in [-0.2, -0.15) is 0 Å². The van der Waals surface area contributed by atoms with Crippen LogP contribution in [0.5, 0.6) is 0 Å². The molecule has 7 heterocycles. The van der Waals surface area contributed by atoms with Gasteiger partial charge in [-0.3, -0.25) is 15.0 Å². The van der Waals surface area contributed by atoms with E-state index in [0.29, 0.717) is 0 Å². The number of nitrogens with one attached hydrogen (secondary N) is 3. The Kier molecular flexibility index (Phi) is 19.0. The van der Waals surface area contributed by atoms with Crippen LogP contribution in [0.4, 0.5) is 17.1 Å². The van der Waals surface area contributed by atoms with E-state index in [4.69, 9.17) is 4.74 Å². The van der Waals surface area contributed by atoms with Gasteiger partial charge in [-0.25, -0.2) is 15.0 Å². The lowest BCUT2D eigenvalue weighted by atomic mass is 10.1. The first kappa shape index (κ1) is 49.2. The first-order chi connectivity index (χ1) is 30.0. The molecule has 4 aliphatic rings. The molecule has 0 bridgehead atoms. The topological polar surface area (TPSA) is 132 Å². The third kappa shape index (κ3) is 17.1. The van der Waals surface area contributed by atoms with Gasteiger partial charge in [0, 0.05) is 65.1 Å². The molecule has 3 aromatic carbocycles. The molecule has 0 aliphatic carbocycles. The first-order valence-electron chi connectivity index (χ1n) is 21.8. The van der Waals surface area contributed by atoms with E-state index in [1.54, 1.807) is 7.11 Å². The average Bonchev–Trinajstić information content (AvgIpc) is 4.12. The minimum Gasteiger partial charge on any atom is -0.484 e. The summed E-state index contributed by atoms with van der Waals surface area (Å²) in [5, 5.41) is 0. The number of rotatable bonds is 1. The second kappa shape index (κ2) is 24.3. The number of aryl methyl sites for hydroxylation is 9. The van der Waals surface area contributed by atoms with Crippen molar-refractivity contribution in [3.63, 3.8) is 0 Å². The number of H-pyrrole nitrogens is 3. The number of methoxy groups -OCH3 is 1. The van der Waals surface area contributed by atoms with Gasteiger partial charge >= 0.3 is 0 Å². The number of aromatic nitrogens is 5. The van der Waals surface area contributed by atoms with Gasteiger partial charge in [0.2, 0.25) is 0 Å². The molecule has 4 aliphatic heterocycles. The van der Waals surface area contributed by atoms with Gasteiger partial charge in [-0.15, -0.1) is 0 Å². The highest BCUT2D eigenvalue weighted by Gasteiger charge is 2.14. The summed E-state index contributed by atoms with van der Waals surface area (Å²) < 4.78 is 5.08. The van der Waals surface area contributed by atoms with Gasteiger partial charge in [-0.05, 0) is 143 Å². The van der Waals surface area contributed by atoms with Gasteiger partial charge in [0.25, 0.3) is 0 Å². The second-order valence-corrected chi connectivity index (χ2v) is 16.6. The number of ether oxygens (including phenoxy) is 1. The Morgan fingerprint density at radius 2 is 1.00 bits per heavy atom. The molecule has 0 atom stereocenters. The Morgan fingerprint density at radius 1 is 0.524 bits per heavy atom. The van der Waals surface area contributed by atoms with E-state index in [9.17, 15) is 0 Å². The number of nitrogens with zero attached hydrogens (tertiary/aromatic N) is 6. The highest BCUT2D eigenvalue weighted by molar-refractivity contribution is 5.95. The summed E-state index contributed by atoms with van der Waals surface area (Å²) in [6.45, 7) is 27.6. The lowest BCUT2D eigenvalue weighted by molar-refractivity contribution is 0.396. The van der Waals surface area contributed by atoms with Crippen molar-refractivity contribution < 1.29 is 4.74 Å². The molecule has 0 amide bonds. The average molecular weight is 848 g/mol. The number of aliphatic imine (C=N–C) groups is 4. The molecule has 0 spiro atoms. The Hall–Kier alpha value is -6.42. The molecule has 63 heavy (non-hydrogen) atoms. The maximum absolute atomic E-state index is 5.08. The molecule has 10 rings (SSSR count). The summed E-state index contributed by atoms with van der Waals surface area (Å²) in [6, 6.07) is 23.3. The summed E-state index contributed by atoms with van der Waals surface area (Å²) in [7, 11) is 1.66. The van der Waals surface area contributed by atoms with E-state index in [-0.39, 0.29) is 0 Å².